The molecule has 2 rings (SSSR count). The number of nitrogens with one attached hydrogen (secondary N) is 2. The molecule has 1 aliphatic heterocycles. The maximum atomic E-state index is 11.9. The van der Waals surface area contributed by atoms with Crippen molar-refractivity contribution in [2.75, 3.05) is 39.5 Å². The standard InChI is InChI=1S/C22H36N4O3.HI/c1-4-21(27)26-11-10-20(16-26)25-22(23-5-2)24-15-18-8-7-9-19(14-18)17-29-13-12-28-6-3;/h7-9,14,20H,4-6,10-13,15-17H2,1-3H3,(H2,23,24,25);1H. The molecule has 1 amide bonds. The molecule has 0 spiro atoms. The van der Waals surface area contributed by atoms with Gasteiger partial charge >= 0.3 is 0 Å². The molecule has 1 heterocycles. The van der Waals surface area contributed by atoms with Crippen molar-refractivity contribution in [1.29, 1.82) is 0 Å². The molecule has 0 saturated carbocycles. The van der Waals surface area contributed by atoms with Crippen LogP contribution in [0, 0.1) is 0 Å². The predicted molar refractivity (Wildman–Crippen MR) is 131 cm³/mol. The average molecular weight is 532 g/mol. The fourth-order valence-electron chi connectivity index (χ4n) is 3.28. The van der Waals surface area contributed by atoms with Crippen molar-refractivity contribution in [3.05, 3.63) is 35.4 Å². The summed E-state index contributed by atoms with van der Waals surface area (Å²) in [6.45, 7) is 11.4. The third-order valence-corrected chi connectivity index (χ3v) is 4.78. The number of likely N-dealkylation sites (tertiary alicyclic amines) is 1. The van der Waals surface area contributed by atoms with Crippen LogP contribution >= 0.6 is 24.0 Å². The van der Waals surface area contributed by atoms with Crippen LogP contribution in [0.4, 0.5) is 0 Å². The summed E-state index contributed by atoms with van der Waals surface area (Å²) in [6.07, 6.45) is 1.51. The Morgan fingerprint density at radius 2 is 1.97 bits per heavy atom. The molecule has 1 aromatic rings. The van der Waals surface area contributed by atoms with Gasteiger partial charge in [0.2, 0.25) is 5.91 Å². The van der Waals surface area contributed by atoms with Crippen molar-refractivity contribution in [2.45, 2.75) is 52.8 Å². The Morgan fingerprint density at radius 3 is 2.70 bits per heavy atom. The molecular weight excluding hydrogens is 495 g/mol. The smallest absolute Gasteiger partial charge is 0.222 e. The van der Waals surface area contributed by atoms with Crippen molar-refractivity contribution in [2.24, 2.45) is 4.99 Å². The van der Waals surface area contributed by atoms with Crippen LogP contribution in [0.1, 0.15) is 44.7 Å². The second kappa shape index (κ2) is 15.4. The number of aliphatic imine (C=N–C) groups is 1. The topological polar surface area (TPSA) is 75.2 Å². The minimum atomic E-state index is 0. The quantitative estimate of drug-likeness (QED) is 0.199. The number of nitrogens with zero attached hydrogens (tertiary/aromatic N) is 2. The van der Waals surface area contributed by atoms with Crippen LogP contribution in [-0.4, -0.2) is 62.3 Å². The lowest BCUT2D eigenvalue weighted by Gasteiger charge is -2.18. The van der Waals surface area contributed by atoms with Gasteiger partial charge in [0.1, 0.15) is 0 Å². The van der Waals surface area contributed by atoms with Gasteiger partial charge in [-0.2, -0.15) is 0 Å². The van der Waals surface area contributed by atoms with Crippen LogP contribution in [0.5, 0.6) is 0 Å². The molecule has 0 aromatic heterocycles. The maximum Gasteiger partial charge on any atom is 0.222 e. The Morgan fingerprint density at radius 1 is 1.20 bits per heavy atom. The third-order valence-electron chi connectivity index (χ3n) is 4.78. The highest BCUT2D eigenvalue weighted by atomic mass is 127. The molecule has 1 unspecified atom stereocenters. The van der Waals surface area contributed by atoms with Crippen molar-refractivity contribution in [1.82, 2.24) is 15.5 Å². The number of rotatable bonds is 11. The summed E-state index contributed by atoms with van der Waals surface area (Å²) in [5, 5.41) is 6.77. The fourth-order valence-corrected chi connectivity index (χ4v) is 3.28. The third kappa shape index (κ3) is 9.61. The first kappa shape index (κ1) is 26.6. The minimum Gasteiger partial charge on any atom is -0.379 e. The van der Waals surface area contributed by atoms with E-state index in [2.05, 4.69) is 35.8 Å². The van der Waals surface area contributed by atoms with Crippen LogP contribution in [0.25, 0.3) is 0 Å². The first-order chi connectivity index (χ1) is 14.2. The van der Waals surface area contributed by atoms with E-state index >= 15 is 0 Å². The summed E-state index contributed by atoms with van der Waals surface area (Å²) in [5.74, 6) is 1.01. The lowest BCUT2D eigenvalue weighted by Crippen LogP contribution is -2.45. The molecule has 1 fully saturated rings. The van der Waals surface area contributed by atoms with E-state index in [-0.39, 0.29) is 35.9 Å². The summed E-state index contributed by atoms with van der Waals surface area (Å²) >= 11 is 0. The van der Waals surface area contributed by atoms with Crippen LogP contribution < -0.4 is 10.6 Å². The molecule has 0 aliphatic carbocycles. The van der Waals surface area contributed by atoms with E-state index in [4.69, 9.17) is 14.5 Å². The van der Waals surface area contributed by atoms with Gasteiger partial charge in [0.15, 0.2) is 5.96 Å². The highest BCUT2D eigenvalue weighted by molar-refractivity contribution is 14.0. The summed E-state index contributed by atoms with van der Waals surface area (Å²) in [5.41, 5.74) is 2.28. The Balaban J connectivity index is 0.00000450. The SMILES string of the molecule is CCNC(=NCc1cccc(COCCOCC)c1)NC1CCN(C(=O)CC)C1.I. The number of hydrogen-bond acceptors (Lipinski definition) is 4. The number of carbonyl (C=O) groups is 1. The molecule has 170 valence electrons. The van der Waals surface area contributed by atoms with E-state index in [0.29, 0.717) is 39.4 Å². The Hall–Kier alpha value is -1.39. The van der Waals surface area contributed by atoms with Gasteiger partial charge in [-0.3, -0.25) is 4.79 Å². The molecule has 0 radical (unpaired) electrons. The summed E-state index contributed by atoms with van der Waals surface area (Å²) < 4.78 is 10.9. The molecule has 0 bridgehead atoms. The number of carbonyl (C=O) groups excluding carboxylic acids is 1. The Kier molecular flexibility index (Phi) is 13.7. The van der Waals surface area contributed by atoms with Gasteiger partial charge in [-0.25, -0.2) is 4.99 Å². The molecule has 1 aliphatic rings. The second-order valence-electron chi connectivity index (χ2n) is 7.09. The Labute approximate surface area is 198 Å². The number of hydrogen-bond donors (Lipinski definition) is 2. The summed E-state index contributed by atoms with van der Waals surface area (Å²) in [4.78, 5) is 18.5. The fraction of sp³-hybridized carbons (Fsp3) is 0.636. The maximum absolute atomic E-state index is 11.9. The minimum absolute atomic E-state index is 0. The van der Waals surface area contributed by atoms with Gasteiger partial charge in [0.25, 0.3) is 0 Å². The molecule has 1 saturated heterocycles. The average Bonchev–Trinajstić information content (AvgIpc) is 3.20. The van der Waals surface area contributed by atoms with Crippen LogP contribution in [-0.2, 0) is 27.4 Å². The van der Waals surface area contributed by atoms with E-state index in [1.165, 1.54) is 0 Å². The molecule has 1 atom stereocenters. The number of benzene rings is 1. The lowest BCUT2D eigenvalue weighted by molar-refractivity contribution is -0.129. The highest BCUT2D eigenvalue weighted by Crippen LogP contribution is 2.11. The van der Waals surface area contributed by atoms with Crippen molar-refractivity contribution in [3.8, 4) is 0 Å². The van der Waals surface area contributed by atoms with Crippen LogP contribution in [0.15, 0.2) is 29.3 Å². The van der Waals surface area contributed by atoms with E-state index in [0.717, 1.165) is 43.1 Å². The van der Waals surface area contributed by atoms with Crippen LogP contribution in [0.2, 0.25) is 0 Å². The normalized spacial score (nSPS) is 16.3. The zero-order valence-corrected chi connectivity index (χ0v) is 20.8. The van der Waals surface area contributed by atoms with Gasteiger partial charge in [-0.15, -0.1) is 24.0 Å². The summed E-state index contributed by atoms with van der Waals surface area (Å²) in [7, 11) is 0. The molecule has 7 nitrogen and oxygen atoms in total. The first-order valence-electron chi connectivity index (χ1n) is 10.7. The van der Waals surface area contributed by atoms with Crippen molar-refractivity contribution in [3.63, 3.8) is 0 Å². The second-order valence-corrected chi connectivity index (χ2v) is 7.09. The van der Waals surface area contributed by atoms with Gasteiger partial charge in [0.05, 0.1) is 26.4 Å². The molecule has 2 N–H and O–H groups in total. The van der Waals surface area contributed by atoms with Gasteiger partial charge in [-0.1, -0.05) is 31.2 Å². The predicted octanol–water partition coefficient (Wildman–Crippen LogP) is 2.92. The van der Waals surface area contributed by atoms with E-state index < -0.39 is 0 Å². The molecule has 1 aromatic carbocycles. The monoisotopic (exact) mass is 532 g/mol. The van der Waals surface area contributed by atoms with E-state index in [9.17, 15) is 4.79 Å². The van der Waals surface area contributed by atoms with E-state index in [1.54, 1.807) is 0 Å². The highest BCUT2D eigenvalue weighted by Gasteiger charge is 2.25. The zero-order valence-electron chi connectivity index (χ0n) is 18.5. The number of ether oxygens (including phenoxy) is 2. The molecule has 30 heavy (non-hydrogen) atoms. The molecule has 8 heteroatoms. The van der Waals surface area contributed by atoms with E-state index in [1.807, 2.05) is 24.8 Å². The van der Waals surface area contributed by atoms with Crippen LogP contribution in [0.3, 0.4) is 0 Å². The zero-order chi connectivity index (χ0) is 20.9. The number of amides is 1. The van der Waals surface area contributed by atoms with Gasteiger partial charge < -0.3 is 25.0 Å². The first-order valence-corrected chi connectivity index (χ1v) is 10.7. The van der Waals surface area contributed by atoms with Gasteiger partial charge in [0, 0.05) is 38.7 Å². The van der Waals surface area contributed by atoms with Crippen molar-refractivity contribution < 1.29 is 14.3 Å². The number of halogens is 1. The van der Waals surface area contributed by atoms with Gasteiger partial charge in [-0.05, 0) is 31.4 Å². The molecular formula is C22H37IN4O3. The number of guanidine groups is 1. The summed E-state index contributed by atoms with van der Waals surface area (Å²) in [6, 6.07) is 8.56. The largest absolute Gasteiger partial charge is 0.379 e. The van der Waals surface area contributed by atoms with Crippen molar-refractivity contribution >= 4 is 35.8 Å². The lowest BCUT2D eigenvalue weighted by atomic mass is 10.1. The Bertz CT molecular complexity index is 657.